The minimum absolute atomic E-state index is 0.00344. The summed E-state index contributed by atoms with van der Waals surface area (Å²) in [6.07, 6.45) is 0.648. The first-order valence-electron chi connectivity index (χ1n) is 8.78. The van der Waals surface area contributed by atoms with Crippen molar-refractivity contribution in [2.24, 2.45) is 0 Å². The number of rotatable bonds is 3. The van der Waals surface area contributed by atoms with Gasteiger partial charge < -0.3 is 23.7 Å². The molecule has 0 saturated carbocycles. The molecule has 0 bridgehead atoms. The maximum absolute atomic E-state index is 13.2. The number of methoxy groups -OCH3 is 1. The molecule has 0 spiro atoms. The highest BCUT2D eigenvalue weighted by atomic mass is 16.6. The average Bonchev–Trinajstić information content (AvgIpc) is 2.94. The van der Waals surface area contributed by atoms with Gasteiger partial charge in [0.2, 0.25) is 0 Å². The topological polar surface area (TPSA) is 78.7 Å². The van der Waals surface area contributed by atoms with Crippen molar-refractivity contribution in [2.75, 3.05) is 26.9 Å². The van der Waals surface area contributed by atoms with Gasteiger partial charge >= 0.3 is 0 Å². The third kappa shape index (κ3) is 2.90. The largest absolute Gasteiger partial charge is 0.486 e. The Labute approximate surface area is 151 Å². The number of fused-ring (bicyclic) bond motifs is 2. The Bertz CT molecular complexity index is 820. The average molecular weight is 358 g/mol. The standard InChI is InChI=1S/C18H22N4O4/c1-12-10-15-19-20-16(11-24-2)22(15)7-6-21(12)18(23)13-4-3-5-14-17(13)26-9-8-25-14/h3-5,12H,6-11H2,1-2H3. The molecule has 8 heteroatoms. The molecule has 26 heavy (non-hydrogen) atoms. The Morgan fingerprint density at radius 1 is 1.27 bits per heavy atom. The lowest BCUT2D eigenvalue weighted by Crippen LogP contribution is -2.40. The summed E-state index contributed by atoms with van der Waals surface area (Å²) < 4.78 is 18.6. The molecule has 1 aromatic heterocycles. The molecule has 2 aliphatic rings. The molecule has 0 fully saturated rings. The number of ether oxygens (including phenoxy) is 3. The van der Waals surface area contributed by atoms with Gasteiger partial charge in [0.05, 0.1) is 5.56 Å². The van der Waals surface area contributed by atoms with Crippen molar-refractivity contribution < 1.29 is 19.0 Å². The number of hydrogen-bond acceptors (Lipinski definition) is 6. The second-order valence-electron chi connectivity index (χ2n) is 6.50. The lowest BCUT2D eigenvalue weighted by Gasteiger charge is -2.28. The van der Waals surface area contributed by atoms with E-state index < -0.39 is 0 Å². The van der Waals surface area contributed by atoms with E-state index in [1.807, 2.05) is 28.5 Å². The molecule has 1 unspecified atom stereocenters. The molecule has 8 nitrogen and oxygen atoms in total. The summed E-state index contributed by atoms with van der Waals surface area (Å²) in [4.78, 5) is 15.1. The number of hydrogen-bond donors (Lipinski definition) is 0. The van der Waals surface area contributed by atoms with Crippen molar-refractivity contribution >= 4 is 5.91 Å². The molecule has 0 saturated heterocycles. The lowest BCUT2D eigenvalue weighted by molar-refractivity contribution is 0.0684. The normalized spacial score (nSPS) is 19.0. The molecule has 1 atom stereocenters. The first kappa shape index (κ1) is 16.8. The van der Waals surface area contributed by atoms with Crippen molar-refractivity contribution in [3.8, 4) is 11.5 Å². The van der Waals surface area contributed by atoms with E-state index in [4.69, 9.17) is 14.2 Å². The van der Waals surface area contributed by atoms with Crippen LogP contribution in [0.15, 0.2) is 18.2 Å². The van der Waals surface area contributed by atoms with Crippen LogP contribution in [-0.4, -0.2) is 58.5 Å². The zero-order chi connectivity index (χ0) is 18.1. The van der Waals surface area contributed by atoms with E-state index in [1.165, 1.54) is 0 Å². The summed E-state index contributed by atoms with van der Waals surface area (Å²) in [5.41, 5.74) is 0.545. The molecule has 4 rings (SSSR count). The summed E-state index contributed by atoms with van der Waals surface area (Å²) in [6, 6.07) is 5.46. The Hall–Kier alpha value is -2.61. The Morgan fingerprint density at radius 3 is 2.96 bits per heavy atom. The maximum atomic E-state index is 13.2. The van der Waals surface area contributed by atoms with Crippen LogP contribution in [0.25, 0.3) is 0 Å². The van der Waals surface area contributed by atoms with E-state index in [-0.39, 0.29) is 11.9 Å². The fourth-order valence-corrected chi connectivity index (χ4v) is 3.52. The molecule has 0 aliphatic carbocycles. The van der Waals surface area contributed by atoms with E-state index in [0.29, 0.717) is 56.4 Å². The van der Waals surface area contributed by atoms with E-state index in [0.717, 1.165) is 11.6 Å². The van der Waals surface area contributed by atoms with E-state index in [2.05, 4.69) is 10.2 Å². The molecule has 1 aromatic carbocycles. The zero-order valence-corrected chi connectivity index (χ0v) is 15.0. The number of carbonyl (C=O) groups excluding carboxylic acids is 1. The van der Waals surface area contributed by atoms with Crippen molar-refractivity contribution in [2.45, 2.75) is 32.5 Å². The van der Waals surface area contributed by atoms with Crippen LogP contribution >= 0.6 is 0 Å². The number of aromatic nitrogens is 3. The molecule has 0 N–H and O–H groups in total. The van der Waals surface area contributed by atoms with Crippen molar-refractivity contribution in [3.63, 3.8) is 0 Å². The molecule has 138 valence electrons. The van der Waals surface area contributed by atoms with Gasteiger partial charge in [0.25, 0.3) is 5.91 Å². The van der Waals surface area contributed by atoms with Crippen molar-refractivity contribution in [3.05, 3.63) is 35.4 Å². The van der Waals surface area contributed by atoms with Gasteiger partial charge in [-0.15, -0.1) is 10.2 Å². The molecular weight excluding hydrogens is 336 g/mol. The summed E-state index contributed by atoms with van der Waals surface area (Å²) in [5, 5.41) is 8.47. The van der Waals surface area contributed by atoms with Crippen LogP contribution in [0.1, 0.15) is 28.9 Å². The van der Waals surface area contributed by atoms with Gasteiger partial charge in [-0.25, -0.2) is 0 Å². The van der Waals surface area contributed by atoms with Gasteiger partial charge in [-0.3, -0.25) is 4.79 Å². The lowest BCUT2D eigenvalue weighted by atomic mass is 10.1. The van der Waals surface area contributed by atoms with Crippen LogP contribution in [0.3, 0.4) is 0 Å². The van der Waals surface area contributed by atoms with E-state index in [9.17, 15) is 4.79 Å². The van der Waals surface area contributed by atoms with Crippen LogP contribution in [-0.2, 0) is 24.3 Å². The highest BCUT2D eigenvalue weighted by Gasteiger charge is 2.30. The van der Waals surface area contributed by atoms with Gasteiger partial charge in [-0.1, -0.05) is 6.07 Å². The van der Waals surface area contributed by atoms with E-state index in [1.54, 1.807) is 13.2 Å². The number of benzene rings is 1. The number of amides is 1. The predicted molar refractivity (Wildman–Crippen MR) is 92.4 cm³/mol. The predicted octanol–water partition coefficient (Wildman–Crippen LogP) is 1.28. The third-order valence-electron chi connectivity index (χ3n) is 4.81. The first-order valence-corrected chi connectivity index (χ1v) is 8.78. The van der Waals surface area contributed by atoms with Crippen LogP contribution < -0.4 is 9.47 Å². The number of nitrogens with zero attached hydrogens (tertiary/aromatic N) is 4. The van der Waals surface area contributed by atoms with Crippen molar-refractivity contribution in [1.82, 2.24) is 19.7 Å². The second-order valence-corrected chi connectivity index (χ2v) is 6.50. The number of para-hydroxylation sites is 1. The molecule has 2 aromatic rings. The smallest absolute Gasteiger partial charge is 0.258 e. The van der Waals surface area contributed by atoms with Gasteiger partial charge in [0.1, 0.15) is 25.6 Å². The molecule has 1 amide bonds. The summed E-state index contributed by atoms with van der Waals surface area (Å²) in [7, 11) is 1.64. The maximum Gasteiger partial charge on any atom is 0.258 e. The molecule has 2 aliphatic heterocycles. The summed E-state index contributed by atoms with van der Waals surface area (Å²) in [5.74, 6) is 2.79. The summed E-state index contributed by atoms with van der Waals surface area (Å²) in [6.45, 7) is 4.61. The highest BCUT2D eigenvalue weighted by molar-refractivity contribution is 5.98. The Kier molecular flexibility index (Phi) is 4.50. The van der Waals surface area contributed by atoms with Gasteiger partial charge in [-0.05, 0) is 19.1 Å². The third-order valence-corrected chi connectivity index (χ3v) is 4.81. The quantitative estimate of drug-likeness (QED) is 0.823. The molecular formula is C18H22N4O4. The minimum Gasteiger partial charge on any atom is -0.486 e. The Morgan fingerprint density at radius 2 is 2.12 bits per heavy atom. The SMILES string of the molecule is COCc1nnc2n1CCN(C(=O)c1cccc3c1OCCO3)C(C)C2. The number of carbonyl (C=O) groups is 1. The minimum atomic E-state index is -0.0492. The van der Waals surface area contributed by atoms with Gasteiger partial charge in [0, 0.05) is 32.7 Å². The monoisotopic (exact) mass is 358 g/mol. The first-order chi connectivity index (χ1) is 12.7. The van der Waals surface area contributed by atoms with Crippen LogP contribution in [0.4, 0.5) is 0 Å². The van der Waals surface area contributed by atoms with E-state index >= 15 is 0 Å². The van der Waals surface area contributed by atoms with Crippen LogP contribution in [0, 0.1) is 0 Å². The van der Waals surface area contributed by atoms with Crippen molar-refractivity contribution in [1.29, 1.82) is 0 Å². The van der Waals surface area contributed by atoms with Crippen LogP contribution in [0.2, 0.25) is 0 Å². The molecule has 3 heterocycles. The fraction of sp³-hybridized carbons (Fsp3) is 0.500. The Balaban J connectivity index is 1.60. The zero-order valence-electron chi connectivity index (χ0n) is 15.0. The molecule has 0 radical (unpaired) electrons. The highest BCUT2D eigenvalue weighted by Crippen LogP contribution is 2.34. The second kappa shape index (κ2) is 6.95. The van der Waals surface area contributed by atoms with Crippen LogP contribution in [0.5, 0.6) is 11.5 Å². The summed E-state index contributed by atoms with van der Waals surface area (Å²) >= 11 is 0. The van der Waals surface area contributed by atoms with Gasteiger partial charge in [-0.2, -0.15) is 0 Å². The fourth-order valence-electron chi connectivity index (χ4n) is 3.52. The van der Waals surface area contributed by atoms with Gasteiger partial charge in [0.15, 0.2) is 17.3 Å².